The second kappa shape index (κ2) is 7.80. The van der Waals surface area contributed by atoms with Crippen molar-refractivity contribution < 1.29 is 9.59 Å². The van der Waals surface area contributed by atoms with Crippen molar-refractivity contribution in [3.8, 4) is 0 Å². The van der Waals surface area contributed by atoms with Gasteiger partial charge in [-0.2, -0.15) is 0 Å². The molecule has 3 aliphatic rings. The molecule has 1 saturated carbocycles. The Morgan fingerprint density at radius 1 is 1.10 bits per heavy atom. The first-order chi connectivity index (χ1) is 14.6. The zero-order chi connectivity index (χ0) is 20.7. The number of hydrogen-bond acceptors (Lipinski definition) is 4. The van der Waals surface area contributed by atoms with Gasteiger partial charge in [0.15, 0.2) is 0 Å². The summed E-state index contributed by atoms with van der Waals surface area (Å²) >= 11 is 1.53. The summed E-state index contributed by atoms with van der Waals surface area (Å²) in [7, 11) is 0. The summed E-state index contributed by atoms with van der Waals surface area (Å²) < 4.78 is 0. The van der Waals surface area contributed by atoms with Crippen molar-refractivity contribution in [1.29, 1.82) is 0 Å². The van der Waals surface area contributed by atoms with Crippen LogP contribution in [0, 0.1) is 12.3 Å². The maximum Gasteiger partial charge on any atom is 0.264 e. The summed E-state index contributed by atoms with van der Waals surface area (Å²) in [5.41, 5.74) is 2.07. The second-order valence-corrected chi connectivity index (χ2v) is 9.98. The Bertz CT molecular complexity index is 927. The molecule has 1 atom stereocenters. The average molecular weight is 424 g/mol. The van der Waals surface area contributed by atoms with Crippen LogP contribution in [0.15, 0.2) is 36.0 Å². The van der Waals surface area contributed by atoms with Crippen molar-refractivity contribution in [2.24, 2.45) is 5.41 Å². The lowest BCUT2D eigenvalue weighted by atomic mass is 9.59. The van der Waals surface area contributed by atoms with Gasteiger partial charge in [-0.1, -0.05) is 19.3 Å². The summed E-state index contributed by atoms with van der Waals surface area (Å²) in [4.78, 5) is 35.6. The molecule has 1 unspecified atom stereocenters. The molecule has 0 aromatic carbocycles. The van der Waals surface area contributed by atoms with Crippen molar-refractivity contribution >= 4 is 23.2 Å². The smallest absolute Gasteiger partial charge is 0.264 e. The number of piperidine rings is 1. The van der Waals surface area contributed by atoms with Crippen molar-refractivity contribution in [2.75, 3.05) is 13.1 Å². The fraction of sp³-hybridized carbons (Fsp3) is 0.542. The van der Waals surface area contributed by atoms with Crippen LogP contribution in [0.5, 0.6) is 0 Å². The molecular weight excluding hydrogens is 394 g/mol. The summed E-state index contributed by atoms with van der Waals surface area (Å²) in [5, 5.41) is 1.98. The minimum Gasteiger partial charge on any atom is -0.338 e. The highest BCUT2D eigenvalue weighted by atomic mass is 32.1. The van der Waals surface area contributed by atoms with Crippen LogP contribution in [0.3, 0.4) is 0 Å². The molecule has 2 aromatic rings. The van der Waals surface area contributed by atoms with Crippen molar-refractivity contribution in [2.45, 2.75) is 64.0 Å². The molecule has 1 aliphatic carbocycles. The van der Waals surface area contributed by atoms with Gasteiger partial charge in [-0.3, -0.25) is 14.6 Å². The quantitative estimate of drug-likeness (QED) is 0.679. The number of nitrogens with zero attached hydrogens (tertiary/aromatic N) is 3. The van der Waals surface area contributed by atoms with Gasteiger partial charge in [-0.05, 0) is 67.3 Å². The van der Waals surface area contributed by atoms with Gasteiger partial charge in [0.05, 0.1) is 16.3 Å². The summed E-state index contributed by atoms with van der Waals surface area (Å²) in [6, 6.07) is 6.56. The number of rotatable bonds is 3. The molecule has 0 N–H and O–H groups in total. The van der Waals surface area contributed by atoms with Crippen LogP contribution >= 0.6 is 11.3 Å². The molecule has 30 heavy (non-hydrogen) atoms. The van der Waals surface area contributed by atoms with Gasteiger partial charge in [-0.15, -0.1) is 11.3 Å². The normalized spacial score (nSPS) is 24.2. The zero-order valence-corrected chi connectivity index (χ0v) is 18.4. The molecule has 0 radical (unpaired) electrons. The molecule has 0 bridgehead atoms. The van der Waals surface area contributed by atoms with E-state index in [1.54, 1.807) is 0 Å². The highest BCUT2D eigenvalue weighted by molar-refractivity contribution is 7.12. The largest absolute Gasteiger partial charge is 0.338 e. The Labute approximate surface area is 182 Å². The molecule has 2 aromatic heterocycles. The number of β-lactam (4-membered cyclic amide) rings is 1. The van der Waals surface area contributed by atoms with Gasteiger partial charge in [0.1, 0.15) is 0 Å². The minimum atomic E-state index is -0.208. The summed E-state index contributed by atoms with van der Waals surface area (Å²) in [6.45, 7) is 3.44. The molecule has 4 heterocycles. The first kappa shape index (κ1) is 19.7. The van der Waals surface area contributed by atoms with Gasteiger partial charge in [0, 0.05) is 31.5 Å². The Hall–Kier alpha value is -2.21. The van der Waals surface area contributed by atoms with Gasteiger partial charge >= 0.3 is 0 Å². The number of thiophene rings is 1. The van der Waals surface area contributed by atoms with Gasteiger partial charge < -0.3 is 9.80 Å². The van der Waals surface area contributed by atoms with Crippen LogP contribution in [0.4, 0.5) is 0 Å². The number of aromatic nitrogens is 1. The number of hydrogen-bond donors (Lipinski definition) is 0. The van der Waals surface area contributed by atoms with E-state index in [2.05, 4.69) is 22.0 Å². The lowest BCUT2D eigenvalue weighted by Gasteiger charge is -2.61. The Kier molecular flexibility index (Phi) is 5.13. The van der Waals surface area contributed by atoms with E-state index in [1.807, 2.05) is 35.7 Å². The highest BCUT2D eigenvalue weighted by Gasteiger charge is 2.62. The molecular formula is C24H29N3O2S. The first-order valence-electron chi connectivity index (χ1n) is 11.2. The van der Waals surface area contributed by atoms with E-state index < -0.39 is 0 Å². The number of aryl methyl sites for hydroxylation is 1. The van der Waals surface area contributed by atoms with E-state index >= 15 is 0 Å². The maximum absolute atomic E-state index is 13.5. The van der Waals surface area contributed by atoms with Crippen molar-refractivity contribution in [1.82, 2.24) is 14.8 Å². The predicted octanol–water partition coefficient (Wildman–Crippen LogP) is 4.59. The fourth-order valence-electron chi connectivity index (χ4n) is 5.85. The van der Waals surface area contributed by atoms with Crippen molar-refractivity contribution in [3.63, 3.8) is 0 Å². The third kappa shape index (κ3) is 3.08. The third-order valence-electron chi connectivity index (χ3n) is 7.43. The van der Waals surface area contributed by atoms with Crippen LogP contribution in [-0.4, -0.2) is 45.7 Å². The van der Waals surface area contributed by atoms with Gasteiger partial charge in [0.2, 0.25) is 5.91 Å². The minimum absolute atomic E-state index is 0.144. The fourth-order valence-corrected chi connectivity index (χ4v) is 6.74. The van der Waals surface area contributed by atoms with E-state index in [4.69, 9.17) is 0 Å². The molecule has 2 aliphatic heterocycles. The van der Waals surface area contributed by atoms with E-state index in [9.17, 15) is 9.59 Å². The molecule has 1 spiro atoms. The number of amides is 2. The maximum atomic E-state index is 13.5. The molecule has 3 fully saturated rings. The highest BCUT2D eigenvalue weighted by Crippen LogP contribution is 2.59. The Balaban J connectivity index is 1.33. The Morgan fingerprint density at radius 2 is 1.80 bits per heavy atom. The molecule has 6 heteroatoms. The molecule has 5 rings (SSSR count). The molecule has 2 amide bonds. The summed E-state index contributed by atoms with van der Waals surface area (Å²) in [5.74, 6) is 0.494. The summed E-state index contributed by atoms with van der Waals surface area (Å²) in [6.07, 6.45) is 11.0. The van der Waals surface area contributed by atoms with E-state index in [1.165, 1.54) is 23.3 Å². The first-order valence-corrected chi connectivity index (χ1v) is 12.1. The number of carbonyl (C=O) groups is 2. The SMILES string of the molecule is Cc1ccsc1C(=O)N1CCC(N2C(=O)C3(CCCCC3)C2c2ccncc2)CC1. The third-order valence-corrected chi connectivity index (χ3v) is 8.44. The topological polar surface area (TPSA) is 53.5 Å². The van der Waals surface area contributed by atoms with E-state index in [0.717, 1.165) is 62.1 Å². The van der Waals surface area contributed by atoms with Crippen LogP contribution in [0.25, 0.3) is 0 Å². The standard InChI is InChI=1S/C24H29N3O2S/c1-17-9-16-30-20(17)22(28)26-14-7-19(8-15-26)27-21(18-5-12-25-13-6-18)24(23(27)29)10-3-2-4-11-24/h5-6,9,12-13,16,19,21H,2-4,7-8,10-11,14-15H2,1H3. The van der Waals surface area contributed by atoms with Crippen LogP contribution < -0.4 is 0 Å². The van der Waals surface area contributed by atoms with Crippen molar-refractivity contribution in [3.05, 3.63) is 52.0 Å². The number of likely N-dealkylation sites (tertiary alicyclic amines) is 2. The second-order valence-electron chi connectivity index (χ2n) is 9.07. The van der Waals surface area contributed by atoms with E-state index in [-0.39, 0.29) is 23.4 Å². The average Bonchev–Trinajstić information content (AvgIpc) is 3.23. The number of carbonyl (C=O) groups excluding carboxylic acids is 2. The van der Waals surface area contributed by atoms with E-state index in [0.29, 0.717) is 5.91 Å². The monoisotopic (exact) mass is 423 g/mol. The zero-order valence-electron chi connectivity index (χ0n) is 17.5. The molecule has 5 nitrogen and oxygen atoms in total. The molecule has 158 valence electrons. The number of pyridine rings is 1. The van der Waals surface area contributed by atoms with Crippen LogP contribution in [0.2, 0.25) is 0 Å². The molecule has 2 saturated heterocycles. The Morgan fingerprint density at radius 3 is 2.43 bits per heavy atom. The van der Waals surface area contributed by atoms with Crippen LogP contribution in [0.1, 0.15) is 71.8 Å². The lowest BCUT2D eigenvalue weighted by molar-refractivity contribution is -0.186. The van der Waals surface area contributed by atoms with Gasteiger partial charge in [0.25, 0.3) is 5.91 Å². The van der Waals surface area contributed by atoms with Crippen LogP contribution in [-0.2, 0) is 4.79 Å². The predicted molar refractivity (Wildman–Crippen MR) is 117 cm³/mol. The lowest BCUT2D eigenvalue weighted by Crippen LogP contribution is -2.67. The van der Waals surface area contributed by atoms with Gasteiger partial charge in [-0.25, -0.2) is 0 Å².